The van der Waals surface area contributed by atoms with Crippen LogP contribution < -0.4 is 4.74 Å². The maximum absolute atomic E-state index is 13.3. The number of thiophene rings is 3. The van der Waals surface area contributed by atoms with Crippen LogP contribution in [0.4, 0.5) is 11.4 Å². The van der Waals surface area contributed by atoms with Gasteiger partial charge in [0.05, 0.1) is 54.6 Å². The van der Waals surface area contributed by atoms with Gasteiger partial charge >= 0.3 is 0 Å². The van der Waals surface area contributed by atoms with Crippen LogP contribution in [-0.4, -0.2) is 23.1 Å². The number of ether oxygens (including phenoxy) is 1. The van der Waals surface area contributed by atoms with Crippen LogP contribution in [0.1, 0.15) is 81.7 Å². The Kier molecular flexibility index (Phi) is 6.36. The number of fused-ring (bicyclic) bond motifs is 7. The largest absolute Gasteiger partial charge is 0.480 e. The van der Waals surface area contributed by atoms with E-state index in [0.717, 1.165) is 24.7 Å². The van der Waals surface area contributed by atoms with Crippen molar-refractivity contribution < 1.29 is 23.9 Å². The molecule has 49 heavy (non-hydrogen) atoms. The van der Waals surface area contributed by atoms with Crippen LogP contribution in [0.3, 0.4) is 0 Å². The summed E-state index contributed by atoms with van der Waals surface area (Å²) >= 11 is 4.29. The molecule has 0 bridgehead atoms. The third-order valence-corrected chi connectivity index (χ3v) is 12.2. The van der Waals surface area contributed by atoms with Crippen LogP contribution in [0.5, 0.6) is 5.75 Å². The number of ketones is 4. The second-order valence-electron chi connectivity index (χ2n) is 11.8. The topological polar surface area (TPSA) is 134 Å². The molecule has 0 unspecified atom stereocenters. The Morgan fingerprint density at radius 2 is 1.18 bits per heavy atom. The fourth-order valence-corrected chi connectivity index (χ4v) is 10.1. The molecule has 1 aliphatic heterocycles. The molecule has 0 saturated carbocycles. The molecular weight excluding hydrogens is 677 g/mol. The lowest BCUT2D eigenvalue weighted by Gasteiger charge is -2.31. The summed E-state index contributed by atoms with van der Waals surface area (Å²) in [5, 5.41) is 18.8. The van der Waals surface area contributed by atoms with E-state index in [9.17, 15) is 29.7 Å². The van der Waals surface area contributed by atoms with E-state index in [1.165, 1.54) is 58.3 Å². The summed E-state index contributed by atoms with van der Waals surface area (Å²) in [6.07, 6.45) is 3.10. The van der Waals surface area contributed by atoms with Crippen molar-refractivity contribution in [1.82, 2.24) is 0 Å². The van der Waals surface area contributed by atoms with Gasteiger partial charge in [0, 0.05) is 37.6 Å². The zero-order valence-electron chi connectivity index (χ0n) is 25.2. The SMILES string of the molecule is [C-]#[N+]c1cc2c(cc1[N+]#[C-])C(=O)C(=Cc1cc3sc4c(c3s1)OC(C)(C)c1cc(C=C3C(=O)c5cc(C#N)c(C#N)cc5C3=O)sc1-4)C2=O. The van der Waals surface area contributed by atoms with Crippen molar-refractivity contribution in [2.24, 2.45) is 0 Å². The van der Waals surface area contributed by atoms with E-state index < -0.39 is 28.7 Å². The second-order valence-corrected chi connectivity index (χ2v) is 15.0. The summed E-state index contributed by atoms with van der Waals surface area (Å²) in [7, 11) is 0. The Balaban J connectivity index is 1.16. The van der Waals surface area contributed by atoms with Gasteiger partial charge in [-0.1, -0.05) is 12.1 Å². The van der Waals surface area contributed by atoms with E-state index in [0.29, 0.717) is 15.5 Å². The molecule has 5 aromatic rings. The highest BCUT2D eigenvalue weighted by molar-refractivity contribution is 7.32. The van der Waals surface area contributed by atoms with E-state index in [4.69, 9.17) is 17.9 Å². The van der Waals surface area contributed by atoms with Gasteiger partial charge in [-0.15, -0.1) is 34.0 Å². The molecule has 230 valence electrons. The molecule has 0 radical (unpaired) electrons. The summed E-state index contributed by atoms with van der Waals surface area (Å²) in [6.45, 7) is 18.5. The highest BCUT2D eigenvalue weighted by atomic mass is 32.1. The highest BCUT2D eigenvalue weighted by Crippen LogP contribution is 2.57. The number of allylic oxidation sites excluding steroid dienone is 2. The van der Waals surface area contributed by atoms with Crippen molar-refractivity contribution in [2.75, 3.05) is 0 Å². The first-order chi connectivity index (χ1) is 23.5. The minimum atomic E-state index is -0.775. The average Bonchev–Trinajstić information content (AvgIpc) is 3.88. The van der Waals surface area contributed by atoms with E-state index in [2.05, 4.69) is 9.69 Å². The number of rotatable bonds is 2. The van der Waals surface area contributed by atoms with E-state index >= 15 is 0 Å². The third kappa shape index (κ3) is 4.23. The van der Waals surface area contributed by atoms with Crippen LogP contribution in [0, 0.1) is 35.8 Å². The number of hydrogen-bond donors (Lipinski definition) is 0. The van der Waals surface area contributed by atoms with Crippen molar-refractivity contribution in [3.05, 3.63) is 119 Å². The minimum absolute atomic E-state index is 0.0267. The molecule has 3 aromatic heterocycles. The predicted octanol–water partition coefficient (Wildman–Crippen LogP) is 9.09. The van der Waals surface area contributed by atoms with Crippen molar-refractivity contribution in [3.63, 3.8) is 0 Å². The van der Waals surface area contributed by atoms with Gasteiger partial charge in [-0.3, -0.25) is 28.9 Å². The first-order valence-corrected chi connectivity index (χ1v) is 16.9. The number of benzene rings is 2. The van der Waals surface area contributed by atoms with Crippen molar-refractivity contribution in [2.45, 2.75) is 19.4 Å². The summed E-state index contributed by atoms with van der Waals surface area (Å²) in [5.74, 6) is -1.30. The molecule has 12 heteroatoms. The molecule has 0 spiro atoms. The van der Waals surface area contributed by atoms with E-state index in [1.54, 1.807) is 12.2 Å². The Morgan fingerprint density at radius 3 is 1.67 bits per heavy atom. The molecule has 0 amide bonds. The van der Waals surface area contributed by atoms with Gasteiger partial charge in [0.15, 0.2) is 40.3 Å². The first kappa shape index (κ1) is 30.1. The van der Waals surface area contributed by atoms with E-state index in [1.807, 2.05) is 38.1 Å². The quantitative estimate of drug-likeness (QED) is 0.102. The second kappa shape index (κ2) is 10.4. The van der Waals surface area contributed by atoms with Gasteiger partial charge < -0.3 is 4.74 Å². The van der Waals surface area contributed by atoms with Gasteiger partial charge in [0.2, 0.25) is 0 Å². The third-order valence-electron chi connectivity index (χ3n) is 8.59. The summed E-state index contributed by atoms with van der Waals surface area (Å²) in [5.41, 5.74) is 0.636. The fourth-order valence-electron chi connectivity index (χ4n) is 6.23. The molecule has 2 aromatic carbocycles. The number of hydrogen-bond acceptors (Lipinski definition) is 10. The van der Waals surface area contributed by atoms with Crippen LogP contribution in [-0.2, 0) is 5.60 Å². The maximum Gasteiger partial charge on any atom is 0.197 e. The van der Waals surface area contributed by atoms with Gasteiger partial charge in [-0.25, -0.2) is 0 Å². The Hall–Kier alpha value is -6.28. The molecule has 9 nitrogen and oxygen atoms in total. The zero-order chi connectivity index (χ0) is 34.5. The molecule has 0 fully saturated rings. The number of Topliss-reactive ketones (excluding diaryl/α,β-unsaturated/α-hetero) is 4. The first-order valence-electron chi connectivity index (χ1n) is 14.4. The zero-order valence-corrected chi connectivity index (χ0v) is 27.6. The van der Waals surface area contributed by atoms with Gasteiger partial charge in [-0.2, -0.15) is 10.5 Å². The van der Waals surface area contributed by atoms with Crippen LogP contribution >= 0.6 is 34.0 Å². The van der Waals surface area contributed by atoms with Crippen molar-refractivity contribution >= 4 is 90.1 Å². The molecular formula is C37H14N4O5S3. The monoisotopic (exact) mass is 690 g/mol. The normalized spacial score (nSPS) is 15.1. The number of nitrogens with zero attached hydrogens (tertiary/aromatic N) is 4. The maximum atomic E-state index is 13.3. The standard InChI is InChI=1S/C37H14N4O5S3/c1-37(2)25-9-17(7-23-29(42)19-5-15(13-38)16(14-39)6-20(19)30(23)43)47-34(25)36-33(46-37)35-28(49-36)10-18(48-35)8-24-31(44)21-11-26(40-3)27(41-4)12-22(21)32(24)45/h5-12H,1-2H3. The van der Waals surface area contributed by atoms with Gasteiger partial charge in [0.25, 0.3) is 0 Å². The summed E-state index contributed by atoms with van der Waals surface area (Å²) in [6, 6.07) is 12.8. The molecule has 2 aliphatic carbocycles. The number of carbonyl (C=O) groups excluding carboxylic acids is 4. The Morgan fingerprint density at radius 1 is 0.694 bits per heavy atom. The number of carbonyl (C=O) groups is 4. The van der Waals surface area contributed by atoms with Crippen molar-refractivity contribution in [3.8, 4) is 27.6 Å². The lowest BCUT2D eigenvalue weighted by atomic mass is 9.95. The van der Waals surface area contributed by atoms with Gasteiger partial charge in [-0.05, 0) is 50.3 Å². The molecule has 0 saturated heterocycles. The highest BCUT2D eigenvalue weighted by Gasteiger charge is 2.39. The molecule has 3 aliphatic rings. The van der Waals surface area contributed by atoms with Crippen LogP contribution in [0.25, 0.3) is 41.0 Å². The van der Waals surface area contributed by atoms with Crippen LogP contribution in [0.2, 0.25) is 0 Å². The Labute approximate surface area is 289 Å². The lowest BCUT2D eigenvalue weighted by Crippen LogP contribution is -2.27. The molecule has 0 atom stereocenters. The summed E-state index contributed by atoms with van der Waals surface area (Å²) < 4.78 is 8.29. The molecule has 8 rings (SSSR count). The lowest BCUT2D eigenvalue weighted by molar-refractivity contribution is 0.0975. The van der Waals surface area contributed by atoms with E-state index in [-0.39, 0.29) is 55.9 Å². The van der Waals surface area contributed by atoms with Gasteiger partial charge in [0.1, 0.15) is 17.7 Å². The van der Waals surface area contributed by atoms with Crippen molar-refractivity contribution in [1.29, 1.82) is 10.5 Å². The fraction of sp³-hybridized carbons (Fsp3) is 0.0811. The predicted molar refractivity (Wildman–Crippen MR) is 185 cm³/mol. The minimum Gasteiger partial charge on any atom is -0.480 e. The number of nitriles is 2. The average molecular weight is 691 g/mol. The molecule has 4 heterocycles. The Bertz CT molecular complexity index is 2630. The molecule has 0 N–H and O–H groups in total. The summed E-state index contributed by atoms with van der Waals surface area (Å²) in [4.78, 5) is 62.8. The smallest absolute Gasteiger partial charge is 0.197 e. The van der Waals surface area contributed by atoms with Crippen LogP contribution in [0.15, 0.2) is 47.5 Å².